The molecule has 1 saturated heterocycles. The summed E-state index contributed by atoms with van der Waals surface area (Å²) in [6, 6.07) is 4.17. The molecule has 0 aliphatic carbocycles. The highest BCUT2D eigenvalue weighted by Gasteiger charge is 2.13. The summed E-state index contributed by atoms with van der Waals surface area (Å²) >= 11 is 0. The lowest BCUT2D eigenvalue weighted by molar-refractivity contribution is 0.0696. The first-order valence-electron chi connectivity index (χ1n) is 6.31. The van der Waals surface area contributed by atoms with Gasteiger partial charge in [0.1, 0.15) is 0 Å². The van der Waals surface area contributed by atoms with Crippen LogP contribution in [0.25, 0.3) is 0 Å². The predicted octanol–water partition coefficient (Wildman–Crippen LogP) is 2.57. The van der Waals surface area contributed by atoms with Gasteiger partial charge in [-0.05, 0) is 50.6 Å². The van der Waals surface area contributed by atoms with E-state index in [1.807, 2.05) is 0 Å². The zero-order valence-corrected chi connectivity index (χ0v) is 12.2. The third-order valence-electron chi connectivity index (χ3n) is 3.00. The molecule has 0 bridgehead atoms. The monoisotopic (exact) mass is 301 g/mol. The molecule has 1 aliphatic heterocycles. The molecule has 1 heterocycles. The fraction of sp³-hybridized carbons (Fsp3) is 0.429. The molecule has 0 unspecified atom stereocenters. The molecule has 112 valence electrons. The Kier molecular flexibility index (Phi) is 8.59. The van der Waals surface area contributed by atoms with Crippen LogP contribution in [-0.2, 0) is 0 Å². The molecule has 0 radical (unpaired) electrons. The number of hydrogen-bond acceptors (Lipinski definition) is 3. The molecule has 2 rings (SSSR count). The summed E-state index contributed by atoms with van der Waals surface area (Å²) in [6.07, 6.45) is 4.22. The normalized spacial score (nSPS) is 13.4. The summed E-state index contributed by atoms with van der Waals surface area (Å²) in [5.41, 5.74) is 0.335. The van der Waals surface area contributed by atoms with Crippen LogP contribution < -0.4 is 5.32 Å². The molecule has 0 aromatic heterocycles. The zero-order valence-electron chi connectivity index (χ0n) is 11.4. The van der Waals surface area contributed by atoms with Crippen molar-refractivity contribution in [2.75, 3.05) is 13.1 Å². The third kappa shape index (κ3) is 5.59. The smallest absolute Gasteiger partial charge is 0.335 e. The quantitative estimate of drug-likeness (QED) is 0.781. The second-order valence-electron chi connectivity index (χ2n) is 4.40. The summed E-state index contributed by atoms with van der Waals surface area (Å²) in [5.74, 6) is -2.22. The minimum absolute atomic E-state index is 0. The van der Waals surface area contributed by atoms with Gasteiger partial charge in [0.15, 0.2) is 0 Å². The molecule has 1 aromatic rings. The fourth-order valence-corrected chi connectivity index (χ4v) is 1.90. The molecule has 0 spiro atoms. The summed E-state index contributed by atoms with van der Waals surface area (Å²) in [7, 11) is 0. The average molecular weight is 302 g/mol. The van der Waals surface area contributed by atoms with Crippen LogP contribution in [0.1, 0.15) is 45.5 Å². The largest absolute Gasteiger partial charge is 0.478 e. The number of hydrogen-bond donors (Lipinski definition) is 3. The van der Waals surface area contributed by atoms with E-state index in [1.54, 1.807) is 0 Å². The first-order valence-corrected chi connectivity index (χ1v) is 6.31. The van der Waals surface area contributed by atoms with E-state index in [0.29, 0.717) is 0 Å². The van der Waals surface area contributed by atoms with E-state index in [1.165, 1.54) is 57.5 Å². The van der Waals surface area contributed by atoms with Crippen molar-refractivity contribution in [3.63, 3.8) is 0 Å². The molecule has 0 amide bonds. The number of carbonyl (C=O) groups is 2. The minimum atomic E-state index is -1.11. The lowest BCUT2D eigenvalue weighted by Crippen LogP contribution is -2.21. The van der Waals surface area contributed by atoms with Gasteiger partial charge in [-0.3, -0.25) is 0 Å². The number of rotatable bonds is 2. The lowest BCUT2D eigenvalue weighted by atomic mass is 10.0. The second kappa shape index (κ2) is 9.34. The Morgan fingerprint density at radius 3 is 1.70 bits per heavy atom. The number of halogens is 1. The van der Waals surface area contributed by atoms with Crippen LogP contribution in [0.2, 0.25) is 0 Å². The Hall–Kier alpha value is -1.59. The maximum absolute atomic E-state index is 10.6. The van der Waals surface area contributed by atoms with Gasteiger partial charge >= 0.3 is 11.9 Å². The van der Waals surface area contributed by atoms with Crippen LogP contribution >= 0.6 is 12.4 Å². The maximum atomic E-state index is 10.6. The van der Waals surface area contributed by atoms with Crippen LogP contribution in [-0.4, -0.2) is 35.2 Å². The van der Waals surface area contributed by atoms with Gasteiger partial charge in [-0.2, -0.15) is 0 Å². The summed E-state index contributed by atoms with van der Waals surface area (Å²) in [6.45, 7) is 3.98. The Morgan fingerprint density at radius 2 is 1.45 bits per heavy atom. The Morgan fingerprint density at radius 1 is 1.00 bits per heavy atom. The van der Waals surface area contributed by atoms with E-state index < -0.39 is 11.9 Å². The highest BCUT2D eigenvalue weighted by atomic mass is 35.5. The van der Waals surface area contributed by atoms with Gasteiger partial charge in [0.05, 0.1) is 11.1 Å². The van der Waals surface area contributed by atoms with Crippen LogP contribution in [0.3, 0.4) is 0 Å². The fourth-order valence-electron chi connectivity index (χ4n) is 1.90. The predicted molar refractivity (Wildman–Crippen MR) is 79.1 cm³/mol. The van der Waals surface area contributed by atoms with E-state index in [0.717, 1.165) is 0 Å². The van der Waals surface area contributed by atoms with Crippen molar-refractivity contribution < 1.29 is 19.8 Å². The van der Waals surface area contributed by atoms with E-state index in [2.05, 4.69) is 5.32 Å². The number of carboxylic acid groups (broad SMARTS) is 2. The van der Waals surface area contributed by atoms with E-state index >= 15 is 0 Å². The molecule has 20 heavy (non-hydrogen) atoms. The summed E-state index contributed by atoms with van der Waals surface area (Å²) < 4.78 is 0. The summed E-state index contributed by atoms with van der Waals surface area (Å²) in [5, 5.41) is 20.6. The number of nitrogens with one attached hydrogen (secondary N) is 1. The number of piperidine rings is 1. The topological polar surface area (TPSA) is 86.6 Å². The average Bonchev–Trinajstić information content (AvgIpc) is 2.41. The first-order chi connectivity index (χ1) is 9.04. The molecule has 6 heteroatoms. The molecule has 3 N–H and O–H groups in total. The van der Waals surface area contributed by atoms with Gasteiger partial charge in [-0.25, -0.2) is 9.59 Å². The Labute approximate surface area is 124 Å². The summed E-state index contributed by atoms with van der Waals surface area (Å²) in [4.78, 5) is 21.2. The highest BCUT2D eigenvalue weighted by Crippen LogP contribution is 2.13. The van der Waals surface area contributed by atoms with Crippen molar-refractivity contribution >= 4 is 24.3 Å². The van der Waals surface area contributed by atoms with Gasteiger partial charge in [-0.15, -0.1) is 12.4 Å². The molecule has 0 atom stereocenters. The molecule has 1 aliphatic rings. The van der Waals surface area contributed by atoms with Crippen LogP contribution in [0, 0.1) is 6.92 Å². The molecule has 1 fully saturated rings. The van der Waals surface area contributed by atoms with Crippen molar-refractivity contribution in [2.45, 2.75) is 26.2 Å². The molecule has 0 saturated carbocycles. The van der Waals surface area contributed by atoms with Crippen LogP contribution in [0.4, 0.5) is 0 Å². The zero-order chi connectivity index (χ0) is 14.3. The highest BCUT2D eigenvalue weighted by molar-refractivity contribution is 5.96. The standard InChI is InChI=1S/C9H8O4.C5H11N.ClH/c1-5-6(8(10)11)3-2-4-7(5)9(12)13;1-2-4-6-5-3-1;/h2-4H,1H3,(H,10,11)(H,12,13);6H,1-5H2;1H. The number of benzene rings is 1. The van der Waals surface area contributed by atoms with Gasteiger partial charge in [0.2, 0.25) is 0 Å². The third-order valence-corrected chi connectivity index (χ3v) is 3.00. The molecule has 5 nitrogen and oxygen atoms in total. The van der Waals surface area contributed by atoms with Crippen LogP contribution in [0.5, 0.6) is 0 Å². The molecule has 1 aromatic carbocycles. The van der Waals surface area contributed by atoms with Crippen molar-refractivity contribution in [3.8, 4) is 0 Å². The number of aromatic carboxylic acids is 2. The van der Waals surface area contributed by atoms with Crippen molar-refractivity contribution in [3.05, 3.63) is 34.9 Å². The SMILES string of the molecule is C1CCNCC1.Cc1c(C(=O)O)cccc1C(=O)O.Cl. The Bertz CT molecular complexity index is 415. The maximum Gasteiger partial charge on any atom is 0.335 e. The molecular weight excluding hydrogens is 282 g/mol. The van der Waals surface area contributed by atoms with E-state index in [9.17, 15) is 9.59 Å². The van der Waals surface area contributed by atoms with Gasteiger partial charge in [-0.1, -0.05) is 12.5 Å². The molecular formula is C14H20ClNO4. The Balaban J connectivity index is 0.000000434. The van der Waals surface area contributed by atoms with Gasteiger partial charge < -0.3 is 15.5 Å². The minimum Gasteiger partial charge on any atom is -0.478 e. The second-order valence-corrected chi connectivity index (χ2v) is 4.40. The van der Waals surface area contributed by atoms with Crippen LogP contribution in [0.15, 0.2) is 18.2 Å². The first kappa shape index (κ1) is 18.4. The lowest BCUT2D eigenvalue weighted by Gasteiger charge is -2.08. The number of carboxylic acids is 2. The van der Waals surface area contributed by atoms with Gasteiger partial charge in [0.25, 0.3) is 0 Å². The van der Waals surface area contributed by atoms with E-state index in [-0.39, 0.29) is 29.1 Å². The van der Waals surface area contributed by atoms with Gasteiger partial charge in [0, 0.05) is 0 Å². The van der Waals surface area contributed by atoms with Crippen molar-refractivity contribution in [1.29, 1.82) is 0 Å². The van der Waals surface area contributed by atoms with E-state index in [4.69, 9.17) is 10.2 Å². The van der Waals surface area contributed by atoms with Crippen molar-refractivity contribution in [1.82, 2.24) is 5.32 Å². The van der Waals surface area contributed by atoms with Crippen molar-refractivity contribution in [2.24, 2.45) is 0 Å².